The molecule has 4 rings (SSSR count). The van der Waals surface area contributed by atoms with Crippen molar-refractivity contribution < 1.29 is 32.2 Å². The minimum atomic E-state index is -4.85. The van der Waals surface area contributed by atoms with Crippen LogP contribution in [0.25, 0.3) is 5.57 Å². The molecule has 36 heavy (non-hydrogen) atoms. The van der Waals surface area contributed by atoms with Crippen molar-refractivity contribution in [2.24, 2.45) is 0 Å². The van der Waals surface area contributed by atoms with Gasteiger partial charge in [0, 0.05) is 5.56 Å². The maximum atomic E-state index is 13.8. The Hall–Kier alpha value is -2.26. The summed E-state index contributed by atoms with van der Waals surface area (Å²) in [5, 5.41) is -0.408. The molecule has 2 aromatic rings. The van der Waals surface area contributed by atoms with E-state index in [0.717, 1.165) is 17.7 Å². The van der Waals surface area contributed by atoms with E-state index in [9.17, 15) is 22.8 Å². The number of rotatable bonds is 3. The highest BCUT2D eigenvalue weighted by molar-refractivity contribution is 6.48. The van der Waals surface area contributed by atoms with Crippen molar-refractivity contribution in [2.75, 3.05) is 13.1 Å². The molecule has 1 fully saturated rings. The van der Waals surface area contributed by atoms with E-state index < -0.39 is 34.8 Å². The van der Waals surface area contributed by atoms with Gasteiger partial charge in [-0.1, -0.05) is 46.9 Å². The standard InChI is InChI=1S/C25H21Cl3F3NO4/c1-23(2,3)36-22(34)32-11-24(12-32)16-5-4-13(6-15(16)10-35-24)20(33)9-17(25(29,30)31)14-7-18(26)21(28)19(27)8-14/h4-9H,10-12H2,1-3H3/b17-9-. The fraction of sp³-hybridized carbons (Fsp3) is 0.360. The maximum absolute atomic E-state index is 13.8. The lowest BCUT2D eigenvalue weighted by molar-refractivity contribution is -0.137. The molecular formula is C25H21Cl3F3NO4. The van der Waals surface area contributed by atoms with Crippen molar-refractivity contribution in [3.63, 3.8) is 0 Å². The van der Waals surface area contributed by atoms with Crippen LogP contribution in [-0.2, 0) is 21.7 Å². The number of ketones is 1. The van der Waals surface area contributed by atoms with E-state index in [1.165, 1.54) is 17.0 Å². The monoisotopic (exact) mass is 561 g/mol. The molecule has 5 nitrogen and oxygen atoms in total. The van der Waals surface area contributed by atoms with Gasteiger partial charge in [0.1, 0.15) is 11.2 Å². The molecule has 11 heteroatoms. The van der Waals surface area contributed by atoms with Gasteiger partial charge in [-0.2, -0.15) is 13.2 Å². The highest BCUT2D eigenvalue weighted by Crippen LogP contribution is 2.44. The van der Waals surface area contributed by atoms with E-state index in [4.69, 9.17) is 44.3 Å². The maximum Gasteiger partial charge on any atom is 0.417 e. The van der Waals surface area contributed by atoms with Crippen LogP contribution in [0.1, 0.15) is 47.8 Å². The molecule has 0 N–H and O–H groups in total. The van der Waals surface area contributed by atoms with Crippen molar-refractivity contribution in [1.82, 2.24) is 4.90 Å². The Bertz CT molecular complexity index is 1260. The summed E-state index contributed by atoms with van der Waals surface area (Å²) in [5.74, 6) is -0.850. The van der Waals surface area contributed by atoms with Crippen molar-refractivity contribution in [1.29, 1.82) is 0 Å². The number of allylic oxidation sites excluding steroid dienone is 2. The summed E-state index contributed by atoms with van der Waals surface area (Å²) >= 11 is 17.6. The Morgan fingerprint density at radius 2 is 1.64 bits per heavy atom. The second-order valence-corrected chi connectivity index (χ2v) is 10.9. The molecule has 1 amide bonds. The van der Waals surface area contributed by atoms with Gasteiger partial charge in [-0.05, 0) is 61.7 Å². The van der Waals surface area contributed by atoms with Crippen LogP contribution in [0.4, 0.5) is 18.0 Å². The molecule has 2 aliphatic rings. The number of carbonyl (C=O) groups excluding carboxylic acids is 2. The summed E-state index contributed by atoms with van der Waals surface area (Å²) in [5.41, 5.74) is -1.42. The minimum absolute atomic E-state index is 0.0608. The summed E-state index contributed by atoms with van der Waals surface area (Å²) in [4.78, 5) is 26.6. The SMILES string of the molecule is CC(C)(C)OC(=O)N1CC2(C1)OCc1cc(C(=O)/C=C(/c3cc(Cl)c(Cl)c(Cl)c3)C(F)(F)F)ccc12. The first-order valence-electron chi connectivity index (χ1n) is 10.8. The summed E-state index contributed by atoms with van der Waals surface area (Å²) < 4.78 is 52.8. The second-order valence-electron chi connectivity index (χ2n) is 9.67. The van der Waals surface area contributed by atoms with Crippen LogP contribution in [-0.4, -0.2) is 41.6 Å². The number of hydrogen-bond donors (Lipinski definition) is 0. The number of halogens is 6. The fourth-order valence-electron chi connectivity index (χ4n) is 4.15. The number of carbonyl (C=O) groups is 2. The molecule has 1 spiro atoms. The smallest absolute Gasteiger partial charge is 0.417 e. The number of ether oxygens (including phenoxy) is 2. The first kappa shape index (κ1) is 26.8. The van der Waals surface area contributed by atoms with Crippen LogP contribution in [0.15, 0.2) is 36.4 Å². The van der Waals surface area contributed by atoms with Crippen molar-refractivity contribution in [3.05, 3.63) is 73.7 Å². The Morgan fingerprint density at radius 3 is 2.19 bits per heavy atom. The zero-order chi connectivity index (χ0) is 26.6. The van der Waals surface area contributed by atoms with Gasteiger partial charge in [-0.25, -0.2) is 4.79 Å². The van der Waals surface area contributed by atoms with Gasteiger partial charge in [-0.3, -0.25) is 4.79 Å². The van der Waals surface area contributed by atoms with E-state index in [1.807, 2.05) is 0 Å². The third-order valence-corrected chi connectivity index (χ3v) is 7.00. The van der Waals surface area contributed by atoms with Crippen LogP contribution in [0.3, 0.4) is 0 Å². The van der Waals surface area contributed by atoms with E-state index in [-0.39, 0.29) is 45.9 Å². The molecular weight excluding hydrogens is 542 g/mol. The molecule has 2 aliphatic heterocycles. The first-order valence-corrected chi connectivity index (χ1v) is 12.0. The van der Waals surface area contributed by atoms with Gasteiger partial charge in [0.05, 0.1) is 40.3 Å². The largest absolute Gasteiger partial charge is 0.444 e. The highest BCUT2D eigenvalue weighted by atomic mass is 35.5. The summed E-state index contributed by atoms with van der Waals surface area (Å²) in [6.45, 7) is 6.03. The lowest BCUT2D eigenvalue weighted by Crippen LogP contribution is -2.61. The number of nitrogens with zero attached hydrogens (tertiary/aromatic N) is 1. The molecule has 2 aromatic carbocycles. The summed E-state index contributed by atoms with van der Waals surface area (Å²) in [6.07, 6.45) is -4.79. The molecule has 192 valence electrons. The van der Waals surface area contributed by atoms with Crippen molar-refractivity contribution >= 4 is 52.3 Å². The average molecular weight is 563 g/mol. The Labute approximate surface area is 220 Å². The lowest BCUT2D eigenvalue weighted by Gasteiger charge is -2.47. The average Bonchev–Trinajstić information content (AvgIpc) is 3.11. The number of amides is 1. The quantitative estimate of drug-likeness (QED) is 0.221. The van der Waals surface area contributed by atoms with Crippen molar-refractivity contribution in [2.45, 2.75) is 44.8 Å². The van der Waals surface area contributed by atoms with Gasteiger partial charge >= 0.3 is 12.3 Å². The third-order valence-electron chi connectivity index (χ3n) is 5.80. The van der Waals surface area contributed by atoms with E-state index in [0.29, 0.717) is 11.6 Å². The molecule has 0 aliphatic carbocycles. The molecule has 1 saturated heterocycles. The number of benzene rings is 2. The van der Waals surface area contributed by atoms with Gasteiger partial charge in [-0.15, -0.1) is 0 Å². The molecule has 0 atom stereocenters. The van der Waals surface area contributed by atoms with Gasteiger partial charge < -0.3 is 14.4 Å². The van der Waals surface area contributed by atoms with E-state index >= 15 is 0 Å². The van der Waals surface area contributed by atoms with Crippen LogP contribution in [0.5, 0.6) is 0 Å². The molecule has 0 saturated carbocycles. The predicted molar refractivity (Wildman–Crippen MR) is 131 cm³/mol. The number of fused-ring (bicyclic) bond motifs is 2. The van der Waals surface area contributed by atoms with Gasteiger partial charge in [0.25, 0.3) is 0 Å². The second kappa shape index (κ2) is 9.24. The Balaban J connectivity index is 1.57. The Morgan fingerprint density at radius 1 is 1.03 bits per heavy atom. The molecule has 0 radical (unpaired) electrons. The predicted octanol–water partition coefficient (Wildman–Crippen LogP) is 7.45. The summed E-state index contributed by atoms with van der Waals surface area (Å²) in [7, 11) is 0. The number of alkyl halides is 3. The fourth-order valence-corrected chi connectivity index (χ4v) is 4.74. The van der Waals surface area contributed by atoms with E-state index in [2.05, 4.69) is 0 Å². The van der Waals surface area contributed by atoms with Crippen LogP contribution >= 0.6 is 34.8 Å². The van der Waals surface area contributed by atoms with E-state index in [1.54, 1.807) is 26.8 Å². The zero-order valence-electron chi connectivity index (χ0n) is 19.4. The normalized spacial score (nSPS) is 17.1. The third kappa shape index (κ3) is 5.23. The highest BCUT2D eigenvalue weighted by Gasteiger charge is 2.52. The van der Waals surface area contributed by atoms with Crippen LogP contribution in [0.2, 0.25) is 15.1 Å². The van der Waals surface area contributed by atoms with Crippen LogP contribution < -0.4 is 0 Å². The number of hydrogen-bond acceptors (Lipinski definition) is 4. The van der Waals surface area contributed by atoms with Crippen molar-refractivity contribution in [3.8, 4) is 0 Å². The van der Waals surface area contributed by atoms with Gasteiger partial charge in [0.2, 0.25) is 0 Å². The van der Waals surface area contributed by atoms with Gasteiger partial charge in [0.15, 0.2) is 5.78 Å². The lowest BCUT2D eigenvalue weighted by atomic mass is 9.84. The number of likely N-dealkylation sites (tertiary alicyclic amines) is 1. The molecule has 0 bridgehead atoms. The summed E-state index contributed by atoms with van der Waals surface area (Å²) in [6, 6.07) is 6.62. The zero-order valence-corrected chi connectivity index (χ0v) is 21.7. The minimum Gasteiger partial charge on any atom is -0.444 e. The first-order chi connectivity index (χ1) is 16.6. The molecule has 0 unspecified atom stereocenters. The Kier molecular flexibility index (Phi) is 6.88. The molecule has 2 heterocycles. The topological polar surface area (TPSA) is 55.8 Å². The van der Waals surface area contributed by atoms with Crippen LogP contribution in [0, 0.1) is 0 Å². The molecule has 0 aromatic heterocycles.